The van der Waals surface area contributed by atoms with Gasteiger partial charge in [-0.2, -0.15) is 0 Å². The van der Waals surface area contributed by atoms with Gasteiger partial charge in [-0.15, -0.1) is 0 Å². The molecule has 1 N–H and O–H groups in total. The molecule has 0 spiro atoms. The average Bonchev–Trinajstić information content (AvgIpc) is 3.28. The lowest BCUT2D eigenvalue weighted by atomic mass is 10.0. The fourth-order valence-corrected chi connectivity index (χ4v) is 2.75. The van der Waals surface area contributed by atoms with E-state index in [2.05, 4.69) is 17.4 Å². The number of methoxy groups -OCH3 is 1. The van der Waals surface area contributed by atoms with Crippen LogP contribution in [-0.2, 0) is 0 Å². The van der Waals surface area contributed by atoms with Crippen LogP contribution >= 0.6 is 11.6 Å². The van der Waals surface area contributed by atoms with Crippen LogP contribution in [-0.4, -0.2) is 7.11 Å². The highest BCUT2D eigenvalue weighted by Gasteiger charge is 2.32. The molecule has 1 aliphatic carbocycles. The second kappa shape index (κ2) is 5.94. The second-order valence-corrected chi connectivity index (χ2v) is 5.83. The number of halogens is 2. The van der Waals surface area contributed by atoms with Crippen LogP contribution in [0, 0.1) is 11.7 Å². The van der Waals surface area contributed by atoms with Crippen molar-refractivity contribution in [2.75, 3.05) is 12.4 Å². The molecule has 0 bridgehead atoms. The van der Waals surface area contributed by atoms with E-state index in [1.807, 2.05) is 12.1 Å². The Kier molecular flexibility index (Phi) is 4.02. The van der Waals surface area contributed by atoms with Crippen molar-refractivity contribution in [2.24, 2.45) is 5.92 Å². The molecule has 1 aliphatic rings. The first kappa shape index (κ1) is 14.2. The summed E-state index contributed by atoms with van der Waals surface area (Å²) in [5.74, 6) is 1.09. The number of benzene rings is 2. The predicted octanol–water partition coefficient (Wildman–Crippen LogP) is 5.05. The van der Waals surface area contributed by atoms with Crippen molar-refractivity contribution < 1.29 is 9.13 Å². The van der Waals surface area contributed by atoms with E-state index in [9.17, 15) is 4.39 Å². The lowest BCUT2D eigenvalue weighted by Gasteiger charge is -2.20. The lowest BCUT2D eigenvalue weighted by molar-refractivity contribution is 0.414. The highest BCUT2D eigenvalue weighted by atomic mass is 35.5. The lowest BCUT2D eigenvalue weighted by Crippen LogP contribution is -2.13. The van der Waals surface area contributed by atoms with Crippen LogP contribution in [0.5, 0.6) is 5.75 Å². The monoisotopic (exact) mass is 305 g/mol. The summed E-state index contributed by atoms with van der Waals surface area (Å²) in [6.45, 7) is 0. The van der Waals surface area contributed by atoms with Gasteiger partial charge in [0.1, 0.15) is 11.6 Å². The zero-order valence-corrected chi connectivity index (χ0v) is 12.5. The van der Waals surface area contributed by atoms with Crippen LogP contribution in [0.25, 0.3) is 0 Å². The number of nitrogens with one attached hydrogen (secondary N) is 1. The van der Waals surface area contributed by atoms with Crippen LogP contribution in [0.1, 0.15) is 24.4 Å². The number of anilines is 1. The van der Waals surface area contributed by atoms with E-state index in [1.54, 1.807) is 13.2 Å². The van der Waals surface area contributed by atoms with E-state index in [-0.39, 0.29) is 11.9 Å². The van der Waals surface area contributed by atoms with Crippen molar-refractivity contribution in [1.29, 1.82) is 0 Å². The molecule has 1 saturated carbocycles. The van der Waals surface area contributed by atoms with E-state index in [0.29, 0.717) is 16.6 Å². The van der Waals surface area contributed by atoms with Crippen molar-refractivity contribution >= 4 is 17.3 Å². The van der Waals surface area contributed by atoms with Crippen molar-refractivity contribution in [1.82, 2.24) is 0 Å². The van der Waals surface area contributed by atoms with Crippen molar-refractivity contribution in [3.63, 3.8) is 0 Å². The Morgan fingerprint density at radius 1 is 1.19 bits per heavy atom. The van der Waals surface area contributed by atoms with Crippen LogP contribution in [0.4, 0.5) is 10.1 Å². The Labute approximate surface area is 128 Å². The zero-order valence-electron chi connectivity index (χ0n) is 11.8. The molecule has 0 heterocycles. The summed E-state index contributed by atoms with van der Waals surface area (Å²) < 4.78 is 18.6. The third kappa shape index (κ3) is 3.48. The minimum absolute atomic E-state index is 0.175. The summed E-state index contributed by atoms with van der Waals surface area (Å²) in [6.07, 6.45) is 2.37. The minimum Gasteiger partial charge on any atom is -0.497 e. The maximum Gasteiger partial charge on any atom is 0.126 e. The van der Waals surface area contributed by atoms with E-state index >= 15 is 0 Å². The molecule has 0 aromatic heterocycles. The van der Waals surface area contributed by atoms with Gasteiger partial charge in [-0.05, 0) is 54.7 Å². The molecule has 4 heteroatoms. The summed E-state index contributed by atoms with van der Waals surface area (Å²) in [5.41, 5.74) is 1.89. The quantitative estimate of drug-likeness (QED) is 0.834. The normalized spacial score (nSPS) is 15.6. The fraction of sp³-hybridized carbons (Fsp3) is 0.294. The fourth-order valence-electron chi connectivity index (χ4n) is 2.53. The van der Waals surface area contributed by atoms with Crippen molar-refractivity contribution in [2.45, 2.75) is 18.9 Å². The Morgan fingerprint density at radius 3 is 2.48 bits per heavy atom. The van der Waals surface area contributed by atoms with Gasteiger partial charge in [0.2, 0.25) is 0 Å². The molecular formula is C17H17ClFNO. The molecule has 2 aromatic carbocycles. The maximum absolute atomic E-state index is 13.5. The average molecular weight is 306 g/mol. The van der Waals surface area contributed by atoms with Gasteiger partial charge in [0.05, 0.1) is 13.2 Å². The van der Waals surface area contributed by atoms with Crippen molar-refractivity contribution in [3.8, 4) is 5.75 Å². The van der Waals surface area contributed by atoms with E-state index < -0.39 is 0 Å². The number of rotatable bonds is 5. The van der Waals surface area contributed by atoms with Gasteiger partial charge in [0.15, 0.2) is 0 Å². The molecule has 21 heavy (non-hydrogen) atoms. The third-order valence-corrected chi connectivity index (χ3v) is 3.97. The standard InChI is InChI=1S/C17H17ClFNO/c1-21-16-6-4-12(5-7-16)17(11-2-3-11)20-15-9-13(18)8-14(19)10-15/h4-11,17,20H,2-3H2,1H3. The molecule has 2 aromatic rings. The smallest absolute Gasteiger partial charge is 0.126 e. The molecule has 0 radical (unpaired) electrons. The molecule has 0 saturated heterocycles. The summed E-state index contributed by atoms with van der Waals surface area (Å²) in [6, 6.07) is 12.7. The summed E-state index contributed by atoms with van der Waals surface area (Å²) in [7, 11) is 1.65. The molecule has 2 nitrogen and oxygen atoms in total. The molecule has 3 rings (SSSR count). The highest BCUT2D eigenvalue weighted by molar-refractivity contribution is 6.30. The summed E-state index contributed by atoms with van der Waals surface area (Å²) >= 11 is 5.92. The van der Waals surface area contributed by atoms with Crippen LogP contribution in [0.15, 0.2) is 42.5 Å². The van der Waals surface area contributed by atoms with Gasteiger partial charge in [-0.1, -0.05) is 23.7 Å². The van der Waals surface area contributed by atoms with E-state index in [1.165, 1.54) is 30.5 Å². The Bertz CT molecular complexity index is 605. The number of hydrogen-bond acceptors (Lipinski definition) is 2. The van der Waals surface area contributed by atoms with Gasteiger partial charge in [-0.25, -0.2) is 4.39 Å². The Balaban J connectivity index is 1.84. The largest absolute Gasteiger partial charge is 0.497 e. The van der Waals surface area contributed by atoms with Crippen molar-refractivity contribution in [3.05, 3.63) is 58.9 Å². The highest BCUT2D eigenvalue weighted by Crippen LogP contribution is 2.43. The van der Waals surface area contributed by atoms with Gasteiger partial charge in [0, 0.05) is 10.7 Å². The van der Waals surface area contributed by atoms with Gasteiger partial charge in [-0.3, -0.25) is 0 Å². The maximum atomic E-state index is 13.5. The SMILES string of the molecule is COc1ccc(C(Nc2cc(F)cc(Cl)c2)C2CC2)cc1. The number of ether oxygens (including phenoxy) is 1. The van der Waals surface area contributed by atoms with Crippen LogP contribution in [0.2, 0.25) is 5.02 Å². The van der Waals surface area contributed by atoms with Gasteiger partial charge in [0.25, 0.3) is 0 Å². The Morgan fingerprint density at radius 2 is 1.90 bits per heavy atom. The number of hydrogen-bond donors (Lipinski definition) is 1. The molecule has 1 unspecified atom stereocenters. The second-order valence-electron chi connectivity index (χ2n) is 5.39. The third-order valence-electron chi connectivity index (χ3n) is 3.75. The Hall–Kier alpha value is -1.74. The molecule has 1 atom stereocenters. The topological polar surface area (TPSA) is 21.3 Å². The first-order valence-electron chi connectivity index (χ1n) is 7.02. The minimum atomic E-state index is -0.325. The first-order chi connectivity index (χ1) is 10.2. The zero-order chi connectivity index (χ0) is 14.8. The van der Waals surface area contributed by atoms with Crippen LogP contribution in [0.3, 0.4) is 0 Å². The molecule has 0 aliphatic heterocycles. The summed E-state index contributed by atoms with van der Waals surface area (Å²) in [5, 5.41) is 3.82. The van der Waals surface area contributed by atoms with E-state index in [0.717, 1.165) is 5.75 Å². The first-order valence-corrected chi connectivity index (χ1v) is 7.40. The molecular weight excluding hydrogens is 289 g/mol. The molecule has 110 valence electrons. The summed E-state index contributed by atoms with van der Waals surface area (Å²) in [4.78, 5) is 0. The van der Waals surface area contributed by atoms with Gasteiger partial charge >= 0.3 is 0 Å². The van der Waals surface area contributed by atoms with Crippen LogP contribution < -0.4 is 10.1 Å². The predicted molar refractivity (Wildman–Crippen MR) is 83.5 cm³/mol. The van der Waals surface area contributed by atoms with E-state index in [4.69, 9.17) is 16.3 Å². The molecule has 1 fully saturated rings. The van der Waals surface area contributed by atoms with Gasteiger partial charge < -0.3 is 10.1 Å². The molecule has 0 amide bonds.